The van der Waals surface area contributed by atoms with E-state index in [2.05, 4.69) is 0 Å². The van der Waals surface area contributed by atoms with Gasteiger partial charge in [-0.2, -0.15) is 0 Å². The number of hydrogen-bond donors (Lipinski definition) is 1. The minimum absolute atomic E-state index is 0. The maximum atomic E-state index is 12.2. The Bertz CT molecular complexity index is 1400. The quantitative estimate of drug-likeness (QED) is 0.241. The molecule has 2 N–H and O–H groups in total. The third kappa shape index (κ3) is 13.9. The molecule has 3 heterocycles. The predicted molar refractivity (Wildman–Crippen MR) is 202 cm³/mol. The number of nitrogens with zero attached hydrogens (tertiary/aromatic N) is 3. The van der Waals surface area contributed by atoms with Gasteiger partial charge in [-0.1, -0.05) is 0 Å². The first-order valence-electron chi connectivity index (χ1n) is 19.8. The number of rotatable bonds is 5. The van der Waals surface area contributed by atoms with Crippen molar-refractivity contribution >= 4 is 36.2 Å². The number of ether oxygens (including phenoxy) is 5. The van der Waals surface area contributed by atoms with Gasteiger partial charge < -0.3 is 34.3 Å². The summed E-state index contributed by atoms with van der Waals surface area (Å²) in [6, 6.07) is -1.66. The Labute approximate surface area is 349 Å². The summed E-state index contributed by atoms with van der Waals surface area (Å²) in [6.45, 7) is 22.3. The number of amides is 3. The summed E-state index contributed by atoms with van der Waals surface area (Å²) in [6.07, 6.45) is 7.07. The van der Waals surface area contributed by atoms with Crippen LogP contribution in [0.25, 0.3) is 0 Å². The number of carbonyl (C=O) groups is 6. The average molecular weight is 804 g/mol. The van der Waals surface area contributed by atoms with Crippen LogP contribution < -0.4 is 18.9 Å². The van der Waals surface area contributed by atoms with E-state index in [4.69, 9.17) is 28.8 Å². The summed E-state index contributed by atoms with van der Waals surface area (Å²) in [5, 5.41) is 9.14. The molecular formula is C40H66LiN3O13. The maximum Gasteiger partial charge on any atom is 1.00 e. The fourth-order valence-electron chi connectivity index (χ4n) is 7.44. The van der Waals surface area contributed by atoms with Gasteiger partial charge in [-0.15, -0.1) is 0 Å². The van der Waals surface area contributed by atoms with Crippen molar-refractivity contribution in [2.75, 3.05) is 32.8 Å². The molecular weight excluding hydrogens is 737 g/mol. The molecule has 6 rings (SSSR count). The van der Waals surface area contributed by atoms with Crippen LogP contribution in [0.2, 0.25) is 0 Å². The molecule has 17 heteroatoms. The molecule has 3 saturated heterocycles. The number of likely N-dealkylation sites (tertiary alicyclic amines) is 3. The van der Waals surface area contributed by atoms with Crippen molar-refractivity contribution in [3.8, 4) is 0 Å². The molecule has 3 amide bonds. The Kier molecular flexibility index (Phi) is 16.1. The fraction of sp³-hybridized carbons (Fsp3) is 0.850. The first-order chi connectivity index (χ1) is 25.2. The number of esters is 2. The van der Waals surface area contributed by atoms with Gasteiger partial charge in [0.05, 0.1) is 13.2 Å². The minimum Gasteiger partial charge on any atom is -0.870 e. The van der Waals surface area contributed by atoms with E-state index in [1.165, 1.54) is 4.90 Å². The molecule has 0 bridgehead atoms. The van der Waals surface area contributed by atoms with Gasteiger partial charge in [0.25, 0.3) is 0 Å². The standard InChI is InChI=1S/2C14H23NO4.C12H19NO4.Li.H2O/c2*1-5-18-11(16)10-8-14(6-7-14)9-15(10)12(17)19-13(2,3)4;1-11(2,3)17-10(16)13-7-12(4-5-12)6-8(13)9(14)15;;/h2*10H,5-9H2,1-4H3;8H,4-7H2,1-3H3,(H,14,15);;1H2/q;;;+1;/p-1/t10-;;8-;;/m0.0../s1. The van der Waals surface area contributed by atoms with Crippen LogP contribution in [-0.4, -0.2) is 129 Å². The number of carboxylic acids is 1. The molecule has 3 saturated carbocycles. The molecule has 0 aromatic rings. The number of hydrogen-bond acceptors (Lipinski definition) is 12. The van der Waals surface area contributed by atoms with E-state index in [0.717, 1.165) is 38.5 Å². The van der Waals surface area contributed by atoms with Crippen molar-refractivity contribution in [2.45, 2.75) is 169 Å². The molecule has 0 radical (unpaired) electrons. The topological polar surface area (TPSA) is 209 Å². The molecule has 6 fully saturated rings. The third-order valence-electron chi connectivity index (χ3n) is 10.7. The zero-order valence-electron chi connectivity index (χ0n) is 36.4. The summed E-state index contributed by atoms with van der Waals surface area (Å²) >= 11 is 0. The van der Waals surface area contributed by atoms with Gasteiger partial charge in [0, 0.05) is 19.6 Å². The third-order valence-corrected chi connectivity index (χ3v) is 10.7. The van der Waals surface area contributed by atoms with Gasteiger partial charge in [0.2, 0.25) is 0 Å². The summed E-state index contributed by atoms with van der Waals surface area (Å²) in [5.74, 6) is -1.55. The number of aliphatic carboxylic acids is 1. The zero-order chi connectivity index (χ0) is 41.4. The van der Waals surface area contributed by atoms with E-state index < -0.39 is 59.2 Å². The molecule has 16 nitrogen and oxygen atoms in total. The van der Waals surface area contributed by atoms with Crippen molar-refractivity contribution in [2.24, 2.45) is 16.2 Å². The number of carbonyl (C=O) groups excluding carboxylic acids is 5. The maximum absolute atomic E-state index is 12.2. The summed E-state index contributed by atoms with van der Waals surface area (Å²) in [4.78, 5) is 75.9. The van der Waals surface area contributed by atoms with Crippen LogP contribution in [-0.2, 0) is 38.1 Å². The zero-order valence-corrected chi connectivity index (χ0v) is 36.4. The summed E-state index contributed by atoms with van der Waals surface area (Å²) in [7, 11) is 0. The van der Waals surface area contributed by atoms with Crippen molar-refractivity contribution in [3.05, 3.63) is 0 Å². The van der Waals surface area contributed by atoms with Crippen molar-refractivity contribution in [1.29, 1.82) is 0 Å². The minimum atomic E-state index is -0.931. The largest absolute Gasteiger partial charge is 1.00 e. The summed E-state index contributed by atoms with van der Waals surface area (Å²) < 4.78 is 26.1. The van der Waals surface area contributed by atoms with Crippen molar-refractivity contribution < 1.29 is 81.9 Å². The Hall–Kier alpha value is -3.22. The van der Waals surface area contributed by atoms with E-state index in [1.54, 1.807) is 44.4 Å². The SMILES string of the molecule is CC(C)(C)OC(=O)N1CC2(CC2)C[C@H]1C(=O)O.CCOC(=O)C1CC2(CC2)CN1C(=O)OC(C)(C)C.CCOC(=O)[C@@H]1CC2(CC2)CN1C(=O)OC(C)(C)C.[Li+].[OH-]. The van der Waals surface area contributed by atoms with Crippen molar-refractivity contribution in [3.63, 3.8) is 0 Å². The first-order valence-corrected chi connectivity index (χ1v) is 19.8. The summed E-state index contributed by atoms with van der Waals surface area (Å²) in [5.41, 5.74) is -1.31. The second-order valence-corrected chi connectivity index (χ2v) is 19.3. The molecule has 3 aliphatic carbocycles. The molecule has 320 valence electrons. The Morgan fingerprint density at radius 3 is 0.982 bits per heavy atom. The predicted octanol–water partition coefficient (Wildman–Crippen LogP) is 3.37. The molecule has 0 aromatic heterocycles. The Balaban J connectivity index is 0.000000291. The van der Waals surface area contributed by atoms with Gasteiger partial charge in [0.15, 0.2) is 0 Å². The molecule has 3 atom stereocenters. The van der Waals surface area contributed by atoms with Gasteiger partial charge in [-0.25, -0.2) is 28.8 Å². The van der Waals surface area contributed by atoms with Crippen LogP contribution in [0.3, 0.4) is 0 Å². The van der Waals surface area contributed by atoms with Crippen LogP contribution in [0.15, 0.2) is 0 Å². The van der Waals surface area contributed by atoms with Crippen LogP contribution >= 0.6 is 0 Å². The molecule has 0 aromatic carbocycles. The number of carboxylic acid groups (broad SMARTS) is 1. The molecule has 6 aliphatic rings. The van der Waals surface area contributed by atoms with E-state index in [-0.39, 0.29) is 52.5 Å². The molecule has 57 heavy (non-hydrogen) atoms. The van der Waals surface area contributed by atoms with E-state index in [9.17, 15) is 28.8 Å². The van der Waals surface area contributed by atoms with Gasteiger partial charge in [-0.05, 0) is 150 Å². The van der Waals surface area contributed by atoms with E-state index in [1.807, 2.05) is 41.5 Å². The monoisotopic (exact) mass is 803 g/mol. The smallest absolute Gasteiger partial charge is 0.870 e. The van der Waals surface area contributed by atoms with E-state index in [0.29, 0.717) is 52.1 Å². The van der Waals surface area contributed by atoms with Crippen LogP contribution in [0.4, 0.5) is 14.4 Å². The van der Waals surface area contributed by atoms with Crippen molar-refractivity contribution in [1.82, 2.24) is 14.7 Å². The first kappa shape index (κ1) is 49.9. The normalized spacial score (nSPS) is 24.1. The van der Waals surface area contributed by atoms with E-state index >= 15 is 0 Å². The van der Waals surface area contributed by atoms with Gasteiger partial charge in [-0.3, -0.25) is 14.7 Å². The molecule has 3 spiro atoms. The van der Waals surface area contributed by atoms with Crippen LogP contribution in [0.1, 0.15) is 134 Å². The second-order valence-electron chi connectivity index (χ2n) is 19.3. The van der Waals surface area contributed by atoms with Gasteiger partial charge >= 0.3 is 55.0 Å². The Morgan fingerprint density at radius 1 is 0.526 bits per heavy atom. The Morgan fingerprint density at radius 2 is 0.772 bits per heavy atom. The molecule has 3 aliphatic heterocycles. The fourth-order valence-corrected chi connectivity index (χ4v) is 7.44. The van der Waals surface area contributed by atoms with Gasteiger partial charge in [0.1, 0.15) is 34.9 Å². The van der Waals surface area contributed by atoms with Crippen LogP contribution in [0, 0.1) is 16.2 Å². The second kappa shape index (κ2) is 18.4. The molecule has 1 unspecified atom stereocenters. The van der Waals surface area contributed by atoms with Crippen LogP contribution in [0.5, 0.6) is 0 Å². The average Bonchev–Trinajstić information content (AvgIpc) is 3.96.